The van der Waals surface area contributed by atoms with Crippen LogP contribution in [0.2, 0.25) is 0 Å². The number of esters is 1. The molecule has 0 bridgehead atoms. The van der Waals surface area contributed by atoms with Crippen LogP contribution in [0.25, 0.3) is 0 Å². The van der Waals surface area contributed by atoms with Crippen molar-refractivity contribution in [1.29, 1.82) is 0 Å². The third-order valence-corrected chi connectivity index (χ3v) is 2.93. The molecule has 0 rings (SSSR count). The second-order valence-electron chi connectivity index (χ2n) is 5.32. The highest BCUT2D eigenvalue weighted by molar-refractivity contribution is 5.87. The molecule has 0 spiro atoms. The number of ether oxygens (including phenoxy) is 3. The lowest BCUT2D eigenvalue weighted by molar-refractivity contribution is -0.139. The highest BCUT2D eigenvalue weighted by Gasteiger charge is 2.08. The molecule has 130 valence electrons. The van der Waals surface area contributed by atoms with Crippen molar-refractivity contribution in [2.75, 3.05) is 33.3 Å². The molecule has 0 aromatic heterocycles. The van der Waals surface area contributed by atoms with Gasteiger partial charge in [0.25, 0.3) is 0 Å². The minimum Gasteiger partial charge on any atom is -0.462 e. The van der Waals surface area contributed by atoms with Gasteiger partial charge in [-0.05, 0) is 26.2 Å². The molecule has 0 aromatic carbocycles. The van der Waals surface area contributed by atoms with Crippen LogP contribution in [0.5, 0.6) is 0 Å². The lowest BCUT2D eigenvalue weighted by atomic mass is 10.3. The summed E-state index contributed by atoms with van der Waals surface area (Å²) in [4.78, 5) is 13.7. The first-order valence-electron chi connectivity index (χ1n) is 8.40. The Morgan fingerprint density at radius 2 is 1.45 bits per heavy atom. The minimum absolute atomic E-state index is 0.283. The quantitative estimate of drug-likeness (QED) is 0.212. The summed E-state index contributed by atoms with van der Waals surface area (Å²) in [5.74, 6) is -0.283. The van der Waals surface area contributed by atoms with Crippen molar-refractivity contribution in [3.05, 3.63) is 11.8 Å². The maximum Gasteiger partial charge on any atom is 0.335 e. The van der Waals surface area contributed by atoms with Gasteiger partial charge in [-0.25, -0.2) is 4.79 Å². The van der Waals surface area contributed by atoms with Crippen molar-refractivity contribution in [3.63, 3.8) is 0 Å². The smallest absolute Gasteiger partial charge is 0.335 e. The third kappa shape index (κ3) is 11.6. The molecule has 0 aromatic rings. The molecule has 0 unspecified atom stereocenters. The van der Waals surface area contributed by atoms with E-state index in [0.717, 1.165) is 45.3 Å². The molecular weight excluding hydrogens is 282 g/mol. The van der Waals surface area contributed by atoms with Gasteiger partial charge in [0.1, 0.15) is 13.5 Å². The van der Waals surface area contributed by atoms with E-state index in [2.05, 4.69) is 13.8 Å². The highest BCUT2D eigenvalue weighted by atomic mass is 16.5. The summed E-state index contributed by atoms with van der Waals surface area (Å²) in [6, 6.07) is 0. The van der Waals surface area contributed by atoms with E-state index in [0.29, 0.717) is 25.6 Å². The second-order valence-corrected chi connectivity index (χ2v) is 5.32. The van der Waals surface area contributed by atoms with Gasteiger partial charge in [-0.15, -0.1) is 0 Å². The normalized spacial score (nSPS) is 11.5. The molecule has 0 fully saturated rings. The van der Waals surface area contributed by atoms with Crippen LogP contribution in [-0.4, -0.2) is 44.2 Å². The number of carbonyl (C=O) groups is 1. The summed E-state index contributed by atoms with van der Waals surface area (Å²) in [6.45, 7) is 10.7. The number of hydrogen-bond acceptors (Lipinski definition) is 5. The predicted octanol–water partition coefficient (Wildman–Crippen LogP) is 3.69. The van der Waals surface area contributed by atoms with Gasteiger partial charge in [-0.1, -0.05) is 33.6 Å². The molecule has 0 radical (unpaired) electrons. The lowest BCUT2D eigenvalue weighted by Crippen LogP contribution is -2.26. The Labute approximate surface area is 135 Å². The molecular formula is C17H33NO4. The lowest BCUT2D eigenvalue weighted by Gasteiger charge is -2.21. The Balaban J connectivity index is 4.36. The summed E-state index contributed by atoms with van der Waals surface area (Å²) in [5, 5.41) is 0. The van der Waals surface area contributed by atoms with E-state index in [1.807, 2.05) is 11.8 Å². The van der Waals surface area contributed by atoms with Crippen molar-refractivity contribution in [2.45, 2.75) is 59.8 Å². The van der Waals surface area contributed by atoms with Gasteiger partial charge in [-0.2, -0.15) is 0 Å². The molecule has 5 nitrogen and oxygen atoms in total. The third-order valence-electron chi connectivity index (χ3n) is 2.93. The highest BCUT2D eigenvalue weighted by Crippen LogP contribution is 2.03. The molecule has 0 aliphatic carbocycles. The van der Waals surface area contributed by atoms with Crippen molar-refractivity contribution in [3.8, 4) is 0 Å². The number of nitrogens with zero attached hydrogens (tertiary/aromatic N) is 1. The number of hydrogen-bond donors (Lipinski definition) is 0. The molecule has 0 saturated carbocycles. The van der Waals surface area contributed by atoms with Crippen LogP contribution in [0, 0.1) is 0 Å². The predicted molar refractivity (Wildman–Crippen MR) is 88.3 cm³/mol. The first-order valence-corrected chi connectivity index (χ1v) is 8.40. The molecule has 22 heavy (non-hydrogen) atoms. The van der Waals surface area contributed by atoms with Crippen LogP contribution in [-0.2, 0) is 19.0 Å². The average Bonchev–Trinajstić information content (AvgIpc) is 2.52. The van der Waals surface area contributed by atoms with Crippen LogP contribution in [0.3, 0.4) is 0 Å². The molecule has 0 heterocycles. The van der Waals surface area contributed by atoms with Gasteiger partial charge < -0.3 is 19.1 Å². The van der Waals surface area contributed by atoms with Crippen molar-refractivity contribution < 1.29 is 19.0 Å². The van der Waals surface area contributed by atoms with E-state index in [4.69, 9.17) is 14.2 Å². The van der Waals surface area contributed by atoms with Crippen LogP contribution >= 0.6 is 0 Å². The SMILES string of the molecule is CCCCOCN(/C=C(\C)C(=O)OCCC)COCCCC. The van der Waals surface area contributed by atoms with E-state index in [1.165, 1.54) is 0 Å². The molecule has 0 N–H and O–H groups in total. The molecule has 0 amide bonds. The zero-order valence-electron chi connectivity index (χ0n) is 14.7. The van der Waals surface area contributed by atoms with Crippen LogP contribution < -0.4 is 0 Å². The Bertz CT molecular complexity index is 293. The van der Waals surface area contributed by atoms with Crippen LogP contribution in [0.4, 0.5) is 0 Å². The van der Waals surface area contributed by atoms with Crippen LogP contribution in [0.1, 0.15) is 59.8 Å². The van der Waals surface area contributed by atoms with Crippen molar-refractivity contribution in [2.24, 2.45) is 0 Å². The average molecular weight is 315 g/mol. The minimum atomic E-state index is -0.283. The first kappa shape index (κ1) is 20.9. The van der Waals surface area contributed by atoms with E-state index < -0.39 is 0 Å². The Kier molecular flexibility index (Phi) is 14.1. The van der Waals surface area contributed by atoms with Gasteiger partial charge in [0.05, 0.1) is 12.2 Å². The van der Waals surface area contributed by atoms with Gasteiger partial charge in [0, 0.05) is 19.4 Å². The fourth-order valence-corrected chi connectivity index (χ4v) is 1.60. The Hall–Kier alpha value is -1.07. The summed E-state index contributed by atoms with van der Waals surface area (Å²) in [7, 11) is 0. The fraction of sp³-hybridized carbons (Fsp3) is 0.824. The van der Waals surface area contributed by atoms with E-state index in [-0.39, 0.29) is 5.97 Å². The van der Waals surface area contributed by atoms with Gasteiger partial charge in [0.2, 0.25) is 0 Å². The number of unbranched alkanes of at least 4 members (excludes halogenated alkanes) is 2. The zero-order valence-corrected chi connectivity index (χ0v) is 14.7. The second kappa shape index (κ2) is 14.9. The number of rotatable bonds is 14. The van der Waals surface area contributed by atoms with Gasteiger partial charge >= 0.3 is 5.97 Å². The topological polar surface area (TPSA) is 48.0 Å². The van der Waals surface area contributed by atoms with E-state index in [9.17, 15) is 4.79 Å². The monoisotopic (exact) mass is 315 g/mol. The Morgan fingerprint density at radius 3 is 1.91 bits per heavy atom. The number of carbonyl (C=O) groups excluding carboxylic acids is 1. The van der Waals surface area contributed by atoms with Crippen molar-refractivity contribution >= 4 is 5.97 Å². The standard InChI is InChI=1S/C17H33NO4/c1-5-8-11-20-14-18(15-21-12-9-6-2)13-16(4)17(19)22-10-7-3/h13H,5-12,14-15H2,1-4H3/b16-13+. The Morgan fingerprint density at radius 1 is 0.909 bits per heavy atom. The summed E-state index contributed by atoms with van der Waals surface area (Å²) >= 11 is 0. The first-order chi connectivity index (χ1) is 10.7. The largest absolute Gasteiger partial charge is 0.462 e. The zero-order chi connectivity index (χ0) is 16.6. The van der Waals surface area contributed by atoms with Crippen LogP contribution in [0.15, 0.2) is 11.8 Å². The molecule has 0 atom stereocenters. The summed E-state index contributed by atoms with van der Waals surface area (Å²) < 4.78 is 16.3. The molecule has 0 saturated heterocycles. The van der Waals surface area contributed by atoms with Gasteiger partial charge in [0.15, 0.2) is 0 Å². The van der Waals surface area contributed by atoms with E-state index >= 15 is 0 Å². The molecule has 5 heteroatoms. The summed E-state index contributed by atoms with van der Waals surface area (Å²) in [5.41, 5.74) is 0.562. The maximum atomic E-state index is 11.8. The summed E-state index contributed by atoms with van der Waals surface area (Å²) in [6.07, 6.45) is 6.85. The van der Waals surface area contributed by atoms with Crippen molar-refractivity contribution in [1.82, 2.24) is 4.90 Å². The van der Waals surface area contributed by atoms with E-state index in [1.54, 1.807) is 13.1 Å². The molecule has 0 aliphatic heterocycles. The van der Waals surface area contributed by atoms with Gasteiger partial charge in [-0.3, -0.25) is 0 Å². The fourth-order valence-electron chi connectivity index (χ4n) is 1.60. The molecule has 0 aliphatic rings. The maximum absolute atomic E-state index is 11.8.